The monoisotopic (exact) mass is 443 g/mol. The fraction of sp³-hybridized carbons (Fsp3) is 0.542. The third kappa shape index (κ3) is 6.29. The third-order valence-electron chi connectivity index (χ3n) is 5.95. The largest absolute Gasteiger partial charge is 0.497 e. The van der Waals surface area contributed by atoms with Crippen LogP contribution in [-0.4, -0.2) is 30.5 Å². The van der Waals surface area contributed by atoms with E-state index in [2.05, 4.69) is 15.6 Å². The zero-order valence-corrected chi connectivity index (χ0v) is 19.6. The average molecular weight is 444 g/mol. The zero-order valence-electron chi connectivity index (χ0n) is 18.8. The maximum atomic E-state index is 12.6. The molecule has 31 heavy (non-hydrogen) atoms. The van der Waals surface area contributed by atoms with Crippen molar-refractivity contribution >= 4 is 23.2 Å². The molecule has 2 N–H and O–H groups in total. The highest BCUT2D eigenvalue weighted by Crippen LogP contribution is 2.38. The van der Waals surface area contributed by atoms with E-state index in [-0.39, 0.29) is 17.9 Å². The summed E-state index contributed by atoms with van der Waals surface area (Å²) in [5.41, 5.74) is 0.210. The lowest BCUT2D eigenvalue weighted by Gasteiger charge is -2.34. The van der Waals surface area contributed by atoms with Gasteiger partial charge >= 0.3 is 0 Å². The minimum atomic E-state index is -0.432. The molecule has 1 aliphatic rings. The van der Waals surface area contributed by atoms with Gasteiger partial charge < -0.3 is 15.4 Å². The molecule has 0 aliphatic heterocycles. The van der Waals surface area contributed by atoms with E-state index in [9.17, 15) is 9.59 Å². The van der Waals surface area contributed by atoms with Gasteiger partial charge in [0, 0.05) is 29.1 Å². The average Bonchev–Trinajstić information content (AvgIpc) is 3.30. The first-order chi connectivity index (χ1) is 14.8. The summed E-state index contributed by atoms with van der Waals surface area (Å²) < 4.78 is 5.14. The molecule has 0 saturated heterocycles. The Kier molecular flexibility index (Phi) is 7.70. The molecule has 2 aromatic rings. The molecule has 1 fully saturated rings. The molecule has 2 amide bonds. The number of nitrogens with one attached hydrogen (secondary N) is 2. The minimum Gasteiger partial charge on any atom is -0.497 e. The topological polar surface area (TPSA) is 80.3 Å². The van der Waals surface area contributed by atoms with Crippen molar-refractivity contribution < 1.29 is 14.3 Å². The van der Waals surface area contributed by atoms with Crippen LogP contribution < -0.4 is 15.4 Å². The lowest BCUT2D eigenvalue weighted by Crippen LogP contribution is -2.41. The van der Waals surface area contributed by atoms with E-state index in [4.69, 9.17) is 4.74 Å². The fourth-order valence-corrected chi connectivity index (χ4v) is 4.72. The molecule has 1 aromatic heterocycles. The molecule has 3 rings (SSSR count). The number of methoxy groups -OCH3 is 1. The van der Waals surface area contributed by atoms with Crippen molar-refractivity contribution in [1.82, 2.24) is 15.6 Å². The third-order valence-corrected chi connectivity index (χ3v) is 6.81. The quantitative estimate of drug-likeness (QED) is 0.656. The number of aromatic nitrogens is 1. The smallest absolute Gasteiger partial charge is 0.251 e. The molecule has 1 atom stereocenters. The van der Waals surface area contributed by atoms with E-state index in [1.54, 1.807) is 48.9 Å². The van der Waals surface area contributed by atoms with E-state index < -0.39 is 5.41 Å². The van der Waals surface area contributed by atoms with Gasteiger partial charge in [0.15, 0.2) is 0 Å². The van der Waals surface area contributed by atoms with Crippen molar-refractivity contribution in [1.29, 1.82) is 0 Å². The van der Waals surface area contributed by atoms with Crippen molar-refractivity contribution in [3.63, 3.8) is 0 Å². The van der Waals surface area contributed by atoms with Crippen LogP contribution in [0.3, 0.4) is 0 Å². The lowest BCUT2D eigenvalue weighted by molar-refractivity contribution is -0.129. The number of thiazole rings is 1. The van der Waals surface area contributed by atoms with Crippen molar-refractivity contribution in [2.24, 2.45) is 17.3 Å². The van der Waals surface area contributed by atoms with Gasteiger partial charge in [-0.25, -0.2) is 4.98 Å². The Labute approximate surface area is 188 Å². The van der Waals surface area contributed by atoms with Crippen LogP contribution in [0.4, 0.5) is 0 Å². The van der Waals surface area contributed by atoms with Gasteiger partial charge in [-0.05, 0) is 61.8 Å². The number of ether oxygens (including phenoxy) is 1. The summed E-state index contributed by atoms with van der Waals surface area (Å²) in [6.07, 6.45) is 5.88. The Balaban J connectivity index is 1.53. The predicted octanol–water partition coefficient (Wildman–Crippen LogP) is 4.59. The number of amides is 2. The number of nitrogens with zero attached hydrogens (tertiary/aromatic N) is 1. The van der Waals surface area contributed by atoms with Gasteiger partial charge in [-0.3, -0.25) is 9.59 Å². The molecule has 1 aromatic carbocycles. The maximum Gasteiger partial charge on any atom is 0.251 e. The Morgan fingerprint density at radius 1 is 1.16 bits per heavy atom. The second kappa shape index (κ2) is 10.3. The first kappa shape index (κ1) is 23.3. The Morgan fingerprint density at radius 2 is 1.84 bits per heavy atom. The fourth-order valence-electron chi connectivity index (χ4n) is 3.93. The molecule has 6 nitrogen and oxygen atoms in total. The Bertz CT molecular complexity index is 851. The number of rotatable bonds is 7. The van der Waals surface area contributed by atoms with Gasteiger partial charge in [-0.2, -0.15) is 0 Å². The highest BCUT2D eigenvalue weighted by molar-refractivity contribution is 7.09. The standard InChI is InChI=1S/C24H33N3O3S/c1-24(2,3)23(29)27-20(22-25-13-14-31-22)17-7-5-16(6-8-17)15-26-21(28)18-9-11-19(30-4)12-10-18/h9-14,16-17,20H,5-8,15H2,1-4H3,(H,26,28)(H,27,29). The molecule has 1 heterocycles. The number of carbonyl (C=O) groups excluding carboxylic acids is 2. The molecule has 1 saturated carbocycles. The van der Waals surface area contributed by atoms with Crippen LogP contribution in [0, 0.1) is 17.3 Å². The van der Waals surface area contributed by atoms with Crippen LogP contribution in [0.1, 0.15) is 67.9 Å². The van der Waals surface area contributed by atoms with Crippen LogP contribution >= 0.6 is 11.3 Å². The molecule has 1 aliphatic carbocycles. The molecule has 1 unspecified atom stereocenters. The Morgan fingerprint density at radius 3 is 2.39 bits per heavy atom. The van der Waals surface area contributed by atoms with Gasteiger partial charge in [0.25, 0.3) is 5.91 Å². The SMILES string of the molecule is COc1ccc(C(=O)NCC2CCC(C(NC(=O)C(C)(C)C)c3nccs3)CC2)cc1. The van der Waals surface area contributed by atoms with Gasteiger partial charge in [0.05, 0.1) is 13.2 Å². The van der Waals surface area contributed by atoms with E-state index in [1.807, 2.05) is 26.2 Å². The van der Waals surface area contributed by atoms with Crippen LogP contribution in [-0.2, 0) is 4.79 Å². The van der Waals surface area contributed by atoms with Crippen LogP contribution in [0.5, 0.6) is 5.75 Å². The summed E-state index contributed by atoms with van der Waals surface area (Å²) in [6, 6.07) is 7.11. The van der Waals surface area contributed by atoms with Gasteiger partial charge in [-0.1, -0.05) is 20.8 Å². The summed E-state index contributed by atoms with van der Waals surface area (Å²) in [7, 11) is 1.61. The summed E-state index contributed by atoms with van der Waals surface area (Å²) in [5.74, 6) is 1.56. The van der Waals surface area contributed by atoms with Gasteiger partial charge in [0.1, 0.15) is 10.8 Å². The van der Waals surface area contributed by atoms with E-state index in [0.29, 0.717) is 23.9 Å². The first-order valence-corrected chi connectivity index (χ1v) is 11.8. The minimum absolute atomic E-state index is 0.0402. The molecule has 0 spiro atoms. The number of benzene rings is 1. The summed E-state index contributed by atoms with van der Waals surface area (Å²) in [4.78, 5) is 29.6. The number of carbonyl (C=O) groups is 2. The second-order valence-electron chi connectivity index (χ2n) is 9.29. The van der Waals surface area contributed by atoms with E-state index >= 15 is 0 Å². The number of hydrogen-bond donors (Lipinski definition) is 2. The van der Waals surface area contributed by atoms with Crippen molar-refractivity contribution in [2.45, 2.75) is 52.5 Å². The molecule has 0 bridgehead atoms. The normalized spacial score (nSPS) is 20.0. The van der Waals surface area contributed by atoms with Crippen LogP contribution in [0.2, 0.25) is 0 Å². The van der Waals surface area contributed by atoms with Gasteiger partial charge in [-0.15, -0.1) is 11.3 Å². The van der Waals surface area contributed by atoms with Crippen LogP contribution in [0.15, 0.2) is 35.8 Å². The molecular formula is C24H33N3O3S. The van der Waals surface area contributed by atoms with Crippen molar-refractivity contribution in [3.8, 4) is 5.75 Å². The Hall–Kier alpha value is -2.41. The van der Waals surface area contributed by atoms with E-state index in [0.717, 1.165) is 36.4 Å². The molecule has 7 heteroatoms. The molecule has 168 valence electrons. The maximum absolute atomic E-state index is 12.6. The lowest BCUT2D eigenvalue weighted by atomic mass is 9.78. The highest BCUT2D eigenvalue weighted by Gasteiger charge is 2.33. The molecule has 0 radical (unpaired) electrons. The van der Waals surface area contributed by atoms with Crippen molar-refractivity contribution in [2.75, 3.05) is 13.7 Å². The van der Waals surface area contributed by atoms with Crippen molar-refractivity contribution in [3.05, 3.63) is 46.4 Å². The van der Waals surface area contributed by atoms with Crippen LogP contribution in [0.25, 0.3) is 0 Å². The van der Waals surface area contributed by atoms with E-state index in [1.165, 1.54) is 0 Å². The second-order valence-corrected chi connectivity index (χ2v) is 10.2. The highest BCUT2D eigenvalue weighted by atomic mass is 32.1. The summed E-state index contributed by atoms with van der Waals surface area (Å²) in [6.45, 7) is 6.48. The number of hydrogen-bond acceptors (Lipinski definition) is 5. The zero-order chi connectivity index (χ0) is 22.4. The summed E-state index contributed by atoms with van der Waals surface area (Å²) >= 11 is 1.60. The predicted molar refractivity (Wildman–Crippen MR) is 123 cm³/mol. The first-order valence-electron chi connectivity index (χ1n) is 10.9. The molecular weight excluding hydrogens is 410 g/mol. The summed E-state index contributed by atoms with van der Waals surface area (Å²) in [5, 5.41) is 9.27. The van der Waals surface area contributed by atoms with Gasteiger partial charge in [0.2, 0.25) is 5.91 Å².